The van der Waals surface area contributed by atoms with Gasteiger partial charge in [0.25, 0.3) is 0 Å². The van der Waals surface area contributed by atoms with Gasteiger partial charge in [0.05, 0.1) is 0 Å². The molecule has 0 atom stereocenters. The molecular formula is C13H20N2O2. The summed E-state index contributed by atoms with van der Waals surface area (Å²) in [4.78, 5) is 11.0. The first-order valence-corrected chi connectivity index (χ1v) is 5.82. The predicted molar refractivity (Wildman–Crippen MR) is 67.8 cm³/mol. The fourth-order valence-electron chi connectivity index (χ4n) is 1.56. The summed E-state index contributed by atoms with van der Waals surface area (Å²) >= 11 is 0. The van der Waals surface area contributed by atoms with Crippen LogP contribution in [-0.2, 0) is 11.3 Å². The molecule has 1 amide bonds. The molecule has 0 saturated heterocycles. The van der Waals surface area contributed by atoms with Gasteiger partial charge in [-0.15, -0.1) is 0 Å². The Balaban J connectivity index is 2.27. The molecule has 3 N–H and O–H groups in total. The maximum absolute atomic E-state index is 11.0. The Hall–Kier alpha value is -1.39. The Bertz CT molecular complexity index is 353. The average Bonchev–Trinajstić information content (AvgIpc) is 2.34. The minimum Gasteiger partial charge on any atom is -0.385 e. The smallest absolute Gasteiger partial charge is 0.248 e. The van der Waals surface area contributed by atoms with E-state index in [1.54, 1.807) is 13.2 Å². The summed E-state index contributed by atoms with van der Waals surface area (Å²) in [6.45, 7) is 2.51. The highest BCUT2D eigenvalue weighted by atomic mass is 16.5. The van der Waals surface area contributed by atoms with Crippen LogP contribution in [0.15, 0.2) is 24.3 Å². The van der Waals surface area contributed by atoms with Crippen LogP contribution in [0.2, 0.25) is 0 Å². The lowest BCUT2D eigenvalue weighted by molar-refractivity contribution is 0.1000. The zero-order valence-electron chi connectivity index (χ0n) is 10.2. The van der Waals surface area contributed by atoms with Gasteiger partial charge in [-0.3, -0.25) is 4.79 Å². The molecule has 0 spiro atoms. The van der Waals surface area contributed by atoms with Crippen molar-refractivity contribution in [2.75, 3.05) is 20.3 Å². The number of ether oxygens (including phenoxy) is 1. The quantitative estimate of drug-likeness (QED) is 0.669. The molecule has 0 unspecified atom stereocenters. The summed E-state index contributed by atoms with van der Waals surface area (Å²) < 4.78 is 4.97. The van der Waals surface area contributed by atoms with Crippen molar-refractivity contribution in [2.45, 2.75) is 19.4 Å². The van der Waals surface area contributed by atoms with Gasteiger partial charge in [-0.25, -0.2) is 0 Å². The molecule has 0 heterocycles. The SMILES string of the molecule is COCCCCNCc1cccc(C(N)=O)c1. The number of primary amides is 1. The number of nitrogens with one attached hydrogen (secondary N) is 1. The van der Waals surface area contributed by atoms with E-state index in [1.807, 2.05) is 18.2 Å². The normalized spacial score (nSPS) is 10.4. The van der Waals surface area contributed by atoms with Crippen LogP contribution in [0.5, 0.6) is 0 Å². The largest absolute Gasteiger partial charge is 0.385 e. The first-order chi connectivity index (χ1) is 8.24. The molecule has 1 aromatic rings. The monoisotopic (exact) mass is 236 g/mol. The Morgan fingerprint density at radius 2 is 2.24 bits per heavy atom. The maximum Gasteiger partial charge on any atom is 0.248 e. The van der Waals surface area contributed by atoms with E-state index in [4.69, 9.17) is 10.5 Å². The van der Waals surface area contributed by atoms with E-state index >= 15 is 0 Å². The van der Waals surface area contributed by atoms with Crippen LogP contribution in [0.25, 0.3) is 0 Å². The lowest BCUT2D eigenvalue weighted by Crippen LogP contribution is -2.16. The highest BCUT2D eigenvalue weighted by molar-refractivity contribution is 5.92. The van der Waals surface area contributed by atoms with Gasteiger partial charge in [0.15, 0.2) is 0 Å². The number of carbonyl (C=O) groups excluding carboxylic acids is 1. The van der Waals surface area contributed by atoms with Gasteiger partial charge in [-0.1, -0.05) is 12.1 Å². The molecule has 0 aromatic heterocycles. The van der Waals surface area contributed by atoms with Crippen LogP contribution in [0, 0.1) is 0 Å². The molecule has 0 aliphatic carbocycles. The minimum absolute atomic E-state index is 0.382. The summed E-state index contributed by atoms with van der Waals surface area (Å²) in [6.07, 6.45) is 2.15. The minimum atomic E-state index is -0.382. The molecule has 94 valence electrons. The fourth-order valence-corrected chi connectivity index (χ4v) is 1.56. The Morgan fingerprint density at radius 1 is 1.41 bits per heavy atom. The number of rotatable bonds is 8. The highest BCUT2D eigenvalue weighted by Crippen LogP contribution is 2.04. The lowest BCUT2D eigenvalue weighted by atomic mass is 10.1. The van der Waals surface area contributed by atoms with Gasteiger partial charge < -0.3 is 15.8 Å². The second-order valence-electron chi connectivity index (χ2n) is 3.94. The molecular weight excluding hydrogens is 216 g/mol. The van der Waals surface area contributed by atoms with Crippen molar-refractivity contribution < 1.29 is 9.53 Å². The third-order valence-corrected chi connectivity index (χ3v) is 2.49. The van der Waals surface area contributed by atoms with Gasteiger partial charge in [0.2, 0.25) is 5.91 Å². The van der Waals surface area contributed by atoms with E-state index in [1.165, 1.54) is 0 Å². The first-order valence-electron chi connectivity index (χ1n) is 5.82. The lowest BCUT2D eigenvalue weighted by Gasteiger charge is -2.05. The topological polar surface area (TPSA) is 64.3 Å². The third-order valence-electron chi connectivity index (χ3n) is 2.49. The molecule has 0 aliphatic rings. The van der Waals surface area contributed by atoms with Gasteiger partial charge in [0.1, 0.15) is 0 Å². The van der Waals surface area contributed by atoms with E-state index in [0.29, 0.717) is 5.56 Å². The van der Waals surface area contributed by atoms with Crippen LogP contribution in [-0.4, -0.2) is 26.2 Å². The standard InChI is InChI=1S/C13H20N2O2/c1-17-8-3-2-7-15-10-11-5-4-6-12(9-11)13(14)16/h4-6,9,15H,2-3,7-8,10H2,1H3,(H2,14,16). The zero-order chi connectivity index (χ0) is 12.5. The summed E-state index contributed by atoms with van der Waals surface area (Å²) in [5.74, 6) is -0.382. The Kier molecular flexibility index (Phi) is 6.29. The predicted octanol–water partition coefficient (Wildman–Crippen LogP) is 1.30. The number of hydrogen-bond donors (Lipinski definition) is 2. The molecule has 1 rings (SSSR count). The number of amides is 1. The summed E-state index contributed by atoms with van der Waals surface area (Å²) in [5.41, 5.74) is 6.85. The van der Waals surface area contributed by atoms with Crippen LogP contribution < -0.4 is 11.1 Å². The second-order valence-corrected chi connectivity index (χ2v) is 3.94. The Labute approximate surface area is 102 Å². The van der Waals surface area contributed by atoms with Crippen molar-refractivity contribution in [1.29, 1.82) is 0 Å². The van der Waals surface area contributed by atoms with Crippen LogP contribution in [0.3, 0.4) is 0 Å². The zero-order valence-corrected chi connectivity index (χ0v) is 10.2. The van der Waals surface area contributed by atoms with Crippen molar-refractivity contribution >= 4 is 5.91 Å². The van der Waals surface area contributed by atoms with E-state index in [2.05, 4.69) is 5.32 Å². The number of unbranched alkanes of at least 4 members (excludes halogenated alkanes) is 1. The highest BCUT2D eigenvalue weighted by Gasteiger charge is 2.00. The molecule has 4 heteroatoms. The molecule has 0 bridgehead atoms. The summed E-state index contributed by atoms with van der Waals surface area (Å²) in [6, 6.07) is 7.38. The van der Waals surface area contributed by atoms with E-state index in [9.17, 15) is 4.79 Å². The van der Waals surface area contributed by atoms with Gasteiger partial charge in [-0.05, 0) is 37.1 Å². The number of carbonyl (C=O) groups is 1. The van der Waals surface area contributed by atoms with Crippen LogP contribution >= 0.6 is 0 Å². The Morgan fingerprint density at radius 3 is 2.94 bits per heavy atom. The molecule has 0 saturated carbocycles. The van der Waals surface area contributed by atoms with Gasteiger partial charge >= 0.3 is 0 Å². The van der Waals surface area contributed by atoms with Crippen molar-refractivity contribution in [2.24, 2.45) is 5.73 Å². The van der Waals surface area contributed by atoms with Gasteiger partial charge in [0, 0.05) is 25.8 Å². The third kappa shape index (κ3) is 5.47. The first kappa shape index (κ1) is 13.7. The summed E-state index contributed by atoms with van der Waals surface area (Å²) in [5, 5.41) is 3.32. The van der Waals surface area contributed by atoms with Crippen molar-refractivity contribution in [3.63, 3.8) is 0 Å². The molecule has 0 radical (unpaired) electrons. The number of methoxy groups -OCH3 is 1. The number of hydrogen-bond acceptors (Lipinski definition) is 3. The average molecular weight is 236 g/mol. The van der Waals surface area contributed by atoms with Crippen molar-refractivity contribution in [1.82, 2.24) is 5.32 Å². The molecule has 4 nitrogen and oxygen atoms in total. The van der Waals surface area contributed by atoms with Gasteiger partial charge in [-0.2, -0.15) is 0 Å². The number of nitrogens with two attached hydrogens (primary N) is 1. The molecule has 1 aromatic carbocycles. The van der Waals surface area contributed by atoms with Crippen LogP contribution in [0.4, 0.5) is 0 Å². The van der Waals surface area contributed by atoms with Crippen molar-refractivity contribution in [3.8, 4) is 0 Å². The van der Waals surface area contributed by atoms with E-state index < -0.39 is 0 Å². The summed E-state index contributed by atoms with van der Waals surface area (Å²) in [7, 11) is 1.71. The maximum atomic E-state index is 11.0. The second kappa shape index (κ2) is 7.81. The van der Waals surface area contributed by atoms with Crippen LogP contribution in [0.1, 0.15) is 28.8 Å². The molecule has 0 aliphatic heterocycles. The molecule has 0 fully saturated rings. The van der Waals surface area contributed by atoms with E-state index in [-0.39, 0.29) is 5.91 Å². The fraction of sp³-hybridized carbons (Fsp3) is 0.462. The number of benzene rings is 1. The molecule has 17 heavy (non-hydrogen) atoms. The van der Waals surface area contributed by atoms with Crippen molar-refractivity contribution in [3.05, 3.63) is 35.4 Å². The van der Waals surface area contributed by atoms with E-state index in [0.717, 1.165) is 38.1 Å².